The molecule has 0 spiro atoms. The molecule has 216 valence electrons. The maximum absolute atomic E-state index is 10.7. The fourth-order valence-electron chi connectivity index (χ4n) is 4.30. The van der Waals surface area contributed by atoms with Crippen molar-refractivity contribution in [1.29, 1.82) is 0 Å². The second kappa shape index (κ2) is 11.8. The molecule has 0 bridgehead atoms. The summed E-state index contributed by atoms with van der Waals surface area (Å²) in [6.45, 7) is 0. The summed E-state index contributed by atoms with van der Waals surface area (Å²) in [5.41, 5.74) is 9.64. The van der Waals surface area contributed by atoms with Crippen molar-refractivity contribution in [2.75, 3.05) is 0 Å². The van der Waals surface area contributed by atoms with Gasteiger partial charge in [0, 0.05) is 12.1 Å². The molecule has 0 amide bonds. The van der Waals surface area contributed by atoms with E-state index in [1.165, 1.54) is 44.5 Å². The molecule has 1 aromatic heterocycles. The summed E-state index contributed by atoms with van der Waals surface area (Å²) in [5.74, 6) is 0. The van der Waals surface area contributed by atoms with Gasteiger partial charge < -0.3 is 0 Å². The van der Waals surface area contributed by atoms with Gasteiger partial charge in [0.1, 0.15) is 7.05 Å². The van der Waals surface area contributed by atoms with Crippen molar-refractivity contribution in [2.24, 2.45) is 7.05 Å². The quantitative estimate of drug-likeness (QED) is 0.0796. The van der Waals surface area contributed by atoms with Crippen LogP contribution in [0.15, 0.2) is 140 Å². The third-order valence-corrected chi connectivity index (χ3v) is 6.11. The van der Waals surface area contributed by atoms with Crippen LogP contribution in [0.1, 0.15) is 33.4 Å². The first-order chi connectivity index (χ1) is 19.7. The Balaban J connectivity index is 0.000000517. The van der Waals surface area contributed by atoms with Crippen molar-refractivity contribution in [3.63, 3.8) is 0 Å². The molecule has 5 rings (SSSR count). The van der Waals surface area contributed by atoms with Gasteiger partial charge in [0.2, 0.25) is 0 Å². The molecule has 0 atom stereocenters. The molecule has 8 heteroatoms. The summed E-state index contributed by atoms with van der Waals surface area (Å²) < 4.78 is 61.2. The molecule has 5 aromatic rings. The van der Waals surface area contributed by atoms with E-state index in [0.29, 0.717) is 0 Å². The van der Waals surface area contributed by atoms with Gasteiger partial charge in [-0.25, -0.2) is 4.57 Å². The van der Waals surface area contributed by atoms with Crippen molar-refractivity contribution < 1.29 is 29.7 Å². The molecule has 0 unspecified atom stereocenters. The van der Waals surface area contributed by atoms with Crippen LogP contribution < -0.4 is 4.57 Å². The molecule has 0 radical (unpaired) electrons. The van der Waals surface area contributed by atoms with E-state index in [2.05, 4.69) is 152 Å². The van der Waals surface area contributed by atoms with Crippen LogP contribution in [-0.4, -0.2) is 0 Å². The molecule has 0 aliphatic carbocycles. The standard InChI is InChI=1S/C34H28N.F6P/c1-35-25-23-28(24-26-35)18-17-27-19-21-32(22-20-27)34(31-15-9-4-10-16-31)33(29-11-5-2-6-12-29)30-13-7-3-8-14-30;1-7(2,3,4,5)6/h2-26H,1H3;/q+1;-1/b18-17+;. The number of pyridine rings is 1. The molecular formula is C34H28F6NP. The number of benzene rings is 4. The van der Waals surface area contributed by atoms with Crippen LogP contribution >= 0.6 is 7.81 Å². The molecular weight excluding hydrogens is 567 g/mol. The van der Waals surface area contributed by atoms with Crippen LogP contribution in [0.2, 0.25) is 0 Å². The number of nitrogens with zero attached hydrogens (tertiary/aromatic N) is 1. The Morgan fingerprint density at radius 2 is 0.738 bits per heavy atom. The summed E-state index contributed by atoms with van der Waals surface area (Å²) in [5, 5.41) is 0. The van der Waals surface area contributed by atoms with Gasteiger partial charge in [0.05, 0.1) is 0 Å². The third kappa shape index (κ3) is 10.2. The van der Waals surface area contributed by atoms with Gasteiger partial charge in [-0.05, 0) is 44.5 Å². The van der Waals surface area contributed by atoms with Crippen LogP contribution in [0, 0.1) is 0 Å². The number of hydrogen-bond donors (Lipinski definition) is 0. The molecule has 0 aliphatic rings. The zero-order valence-electron chi connectivity index (χ0n) is 22.6. The first-order valence-corrected chi connectivity index (χ1v) is 15.0. The topological polar surface area (TPSA) is 3.88 Å². The van der Waals surface area contributed by atoms with Crippen molar-refractivity contribution in [1.82, 2.24) is 0 Å². The normalized spacial score (nSPS) is 12.9. The molecule has 0 saturated carbocycles. The predicted octanol–water partition coefficient (Wildman–Crippen LogP) is 11.1. The van der Waals surface area contributed by atoms with Gasteiger partial charge >= 0.3 is 33.0 Å². The van der Waals surface area contributed by atoms with Gasteiger partial charge in [-0.3, -0.25) is 0 Å². The molecule has 0 saturated heterocycles. The molecule has 42 heavy (non-hydrogen) atoms. The van der Waals surface area contributed by atoms with Crippen molar-refractivity contribution in [3.05, 3.63) is 173 Å². The van der Waals surface area contributed by atoms with E-state index in [0.717, 1.165) is 0 Å². The number of halogens is 6. The zero-order chi connectivity index (χ0) is 30.3. The van der Waals surface area contributed by atoms with Gasteiger partial charge in [-0.15, -0.1) is 0 Å². The van der Waals surface area contributed by atoms with Gasteiger partial charge in [-0.1, -0.05) is 127 Å². The van der Waals surface area contributed by atoms with E-state index in [4.69, 9.17) is 0 Å². The van der Waals surface area contributed by atoms with Crippen LogP contribution in [0.25, 0.3) is 23.3 Å². The molecule has 0 aliphatic heterocycles. The van der Waals surface area contributed by atoms with E-state index in [9.17, 15) is 25.2 Å². The van der Waals surface area contributed by atoms with Crippen molar-refractivity contribution in [2.45, 2.75) is 0 Å². The number of aryl methyl sites for hydroxylation is 1. The first-order valence-electron chi connectivity index (χ1n) is 12.9. The molecule has 0 fully saturated rings. The maximum atomic E-state index is 9.87. The van der Waals surface area contributed by atoms with Gasteiger partial charge in [-0.2, -0.15) is 0 Å². The Kier molecular flexibility index (Phi) is 8.55. The summed E-state index contributed by atoms with van der Waals surface area (Å²) in [6, 6.07) is 45.2. The minimum atomic E-state index is -10.7. The van der Waals surface area contributed by atoms with Crippen LogP contribution in [0.4, 0.5) is 25.2 Å². The molecule has 1 heterocycles. The SMILES string of the molecule is C[n+]1ccc(/C=C/c2ccc(C(=C(c3ccccc3)c3ccccc3)c3ccccc3)cc2)cc1.F[P-](F)(F)(F)(F)F. The van der Waals surface area contributed by atoms with Gasteiger partial charge in [0.15, 0.2) is 12.4 Å². The van der Waals surface area contributed by atoms with E-state index < -0.39 is 7.81 Å². The summed E-state index contributed by atoms with van der Waals surface area (Å²) in [4.78, 5) is 0. The van der Waals surface area contributed by atoms with Crippen LogP contribution in [0.3, 0.4) is 0 Å². The van der Waals surface area contributed by atoms with E-state index in [1.54, 1.807) is 0 Å². The molecule has 4 aromatic carbocycles. The van der Waals surface area contributed by atoms with Crippen LogP contribution in [-0.2, 0) is 7.05 Å². The Morgan fingerprint density at radius 3 is 1.07 bits per heavy atom. The first kappa shape index (κ1) is 30.5. The zero-order valence-corrected chi connectivity index (χ0v) is 23.5. The average Bonchev–Trinajstić information content (AvgIpc) is 2.96. The van der Waals surface area contributed by atoms with Crippen molar-refractivity contribution >= 4 is 31.1 Å². The van der Waals surface area contributed by atoms with E-state index in [1.807, 2.05) is 11.6 Å². The van der Waals surface area contributed by atoms with Crippen LogP contribution in [0.5, 0.6) is 0 Å². The summed E-state index contributed by atoms with van der Waals surface area (Å²) >= 11 is 0. The number of aromatic nitrogens is 1. The Bertz CT molecular complexity index is 1610. The number of rotatable bonds is 6. The summed E-state index contributed by atoms with van der Waals surface area (Å²) in [7, 11) is -8.63. The third-order valence-electron chi connectivity index (χ3n) is 6.11. The fourth-order valence-corrected chi connectivity index (χ4v) is 4.30. The predicted molar refractivity (Wildman–Crippen MR) is 161 cm³/mol. The Hall–Kier alpha value is -4.48. The minimum absolute atomic E-state index is 1.18. The summed E-state index contributed by atoms with van der Waals surface area (Å²) in [6.07, 6.45) is 8.45. The Morgan fingerprint density at radius 1 is 0.452 bits per heavy atom. The van der Waals surface area contributed by atoms with E-state index in [-0.39, 0.29) is 0 Å². The average molecular weight is 596 g/mol. The number of hydrogen-bond acceptors (Lipinski definition) is 0. The van der Waals surface area contributed by atoms with Crippen molar-refractivity contribution in [3.8, 4) is 0 Å². The molecule has 0 N–H and O–H groups in total. The Labute approximate surface area is 241 Å². The molecule has 1 nitrogen and oxygen atoms in total. The van der Waals surface area contributed by atoms with Gasteiger partial charge in [0.25, 0.3) is 0 Å². The van der Waals surface area contributed by atoms with E-state index >= 15 is 0 Å². The monoisotopic (exact) mass is 595 g/mol. The fraction of sp³-hybridized carbons (Fsp3) is 0.0294. The second-order valence-electron chi connectivity index (χ2n) is 9.56. The second-order valence-corrected chi connectivity index (χ2v) is 11.5.